The van der Waals surface area contributed by atoms with E-state index in [2.05, 4.69) is 5.73 Å². The summed E-state index contributed by atoms with van der Waals surface area (Å²) in [7, 11) is 0. The van der Waals surface area contributed by atoms with Crippen LogP contribution in [0.4, 0.5) is 4.79 Å². The molecule has 0 amide bonds. The van der Waals surface area contributed by atoms with Crippen LogP contribution in [-0.4, -0.2) is 6.16 Å². The van der Waals surface area contributed by atoms with Crippen molar-refractivity contribution >= 4 is 6.16 Å². The summed E-state index contributed by atoms with van der Waals surface area (Å²) >= 11 is 0. The van der Waals surface area contributed by atoms with E-state index in [0.717, 1.165) is 0 Å². The zero-order chi connectivity index (χ0) is 6.28. The first-order chi connectivity index (χ1) is 3.15. The molecule has 0 aliphatic rings. The number of carboxylic acid groups (broad SMARTS) is 2. The minimum Gasteiger partial charge on any atom is -0.652 e. The largest absolute Gasteiger partial charge is 1.00 e. The molecule has 40 valence electrons. The summed E-state index contributed by atoms with van der Waals surface area (Å²) in [6, 6.07) is 0. The van der Waals surface area contributed by atoms with Gasteiger partial charge in [-0.3, -0.25) is 0 Å². The molecule has 0 rings (SSSR count). The molecule has 0 fully saturated rings. The first-order valence-electron chi connectivity index (χ1n) is 1.12. The second kappa shape index (κ2) is 23.5. The minimum atomic E-state index is -2.33. The number of nitrogens with two attached hydrogens (primary N) is 1. The number of rotatable bonds is 0. The molecule has 0 aromatic rings. The summed E-state index contributed by atoms with van der Waals surface area (Å²) in [5.41, 5.74) is 4.15. The molecule has 0 saturated carbocycles. The van der Waals surface area contributed by atoms with E-state index in [1.165, 1.54) is 6.19 Å². The smallest absolute Gasteiger partial charge is 0.652 e. The van der Waals surface area contributed by atoms with E-state index in [0.29, 0.717) is 0 Å². The summed E-state index contributed by atoms with van der Waals surface area (Å²) in [4.78, 5) is 8.33. The van der Waals surface area contributed by atoms with Crippen LogP contribution in [0.5, 0.6) is 0 Å². The fourth-order valence-corrected chi connectivity index (χ4v) is 0. The zero-order valence-corrected chi connectivity index (χ0v) is 9.25. The molecule has 0 bridgehead atoms. The van der Waals surface area contributed by atoms with Gasteiger partial charge in [0.1, 0.15) is 0 Å². The number of hydrogen-bond donors (Lipinski definition) is 1. The number of nitrogens with zero attached hydrogens (tertiary/aromatic N) is 1. The van der Waals surface area contributed by atoms with Crippen LogP contribution in [-0.2, 0) is 0 Å². The van der Waals surface area contributed by atoms with Crippen molar-refractivity contribution in [1.29, 1.82) is 5.26 Å². The molecule has 0 radical (unpaired) electrons. The Morgan fingerprint density at radius 3 is 1.44 bits per heavy atom. The quantitative estimate of drug-likeness (QED) is 0.208. The van der Waals surface area contributed by atoms with E-state index in [4.69, 9.17) is 20.3 Å². The molecule has 0 aromatic carbocycles. The van der Waals surface area contributed by atoms with Gasteiger partial charge in [-0.1, -0.05) is 0 Å². The molecule has 9 heavy (non-hydrogen) atoms. The summed E-state index contributed by atoms with van der Waals surface area (Å²) < 4.78 is 0. The second-order valence-electron chi connectivity index (χ2n) is 0.379. The van der Waals surface area contributed by atoms with Gasteiger partial charge in [0.25, 0.3) is 0 Å². The molecule has 7 heteroatoms. The third-order valence-electron chi connectivity index (χ3n) is 0. The van der Waals surface area contributed by atoms with Crippen LogP contribution in [0.1, 0.15) is 0 Å². The number of carbonyl (C=O) groups excluding carboxylic acids is 1. The van der Waals surface area contributed by atoms with Gasteiger partial charge in [-0.05, 0) is 6.16 Å². The van der Waals surface area contributed by atoms with E-state index < -0.39 is 6.16 Å². The molecule has 0 heterocycles. The van der Waals surface area contributed by atoms with Crippen molar-refractivity contribution in [3.05, 3.63) is 0 Å². The van der Waals surface area contributed by atoms with Crippen molar-refractivity contribution in [1.82, 2.24) is 0 Å². The Hall–Kier alpha value is 0.560. The normalized spacial score (nSPS) is 3.44. The Balaban J connectivity index is -0.0000000233. The first kappa shape index (κ1) is 22.7. The maximum absolute atomic E-state index is 8.33. The molecular weight excluding hydrogens is 146 g/mol. The van der Waals surface area contributed by atoms with Gasteiger partial charge in [-0.2, -0.15) is 5.26 Å². The fourth-order valence-electron chi connectivity index (χ4n) is 0. The van der Waals surface area contributed by atoms with Crippen molar-refractivity contribution in [2.24, 2.45) is 5.73 Å². The van der Waals surface area contributed by atoms with Crippen LogP contribution < -0.4 is 75.1 Å². The van der Waals surface area contributed by atoms with Crippen LogP contribution >= 0.6 is 0 Å². The van der Waals surface area contributed by atoms with Crippen molar-refractivity contribution in [3.63, 3.8) is 0 Å². The van der Waals surface area contributed by atoms with Gasteiger partial charge in [-0.25, -0.2) is 0 Å². The van der Waals surface area contributed by atoms with E-state index in [9.17, 15) is 0 Å². The van der Waals surface area contributed by atoms with Crippen molar-refractivity contribution in [2.45, 2.75) is 0 Å². The first-order valence-corrected chi connectivity index (χ1v) is 1.12. The van der Waals surface area contributed by atoms with Gasteiger partial charge in [0.15, 0.2) is 6.19 Å². The second-order valence-corrected chi connectivity index (χ2v) is 0.379. The molecule has 0 saturated heterocycles. The SMILES string of the molecule is N#CN.O=C([O-])[O-].[Na+].[Na+]. The summed E-state index contributed by atoms with van der Waals surface area (Å²) in [5.74, 6) is 0. The van der Waals surface area contributed by atoms with E-state index >= 15 is 0 Å². The van der Waals surface area contributed by atoms with E-state index in [1.807, 2.05) is 0 Å². The van der Waals surface area contributed by atoms with Crippen molar-refractivity contribution in [3.8, 4) is 6.19 Å². The zero-order valence-electron chi connectivity index (χ0n) is 5.25. The standard InChI is InChI=1S/CH2N2.CH2O3.2Na/c2-1-3;2-1(3)4;;/h2H2;(H2,2,3,4);;/q;;2*+1/p-2. The molecule has 5 nitrogen and oxygen atoms in total. The van der Waals surface area contributed by atoms with Gasteiger partial charge in [-0.15, -0.1) is 0 Å². The predicted molar refractivity (Wildman–Crippen MR) is 15.2 cm³/mol. The molecule has 0 spiro atoms. The third kappa shape index (κ3) is 1170. The molecule has 0 unspecified atom stereocenters. The van der Waals surface area contributed by atoms with E-state index in [1.54, 1.807) is 0 Å². The van der Waals surface area contributed by atoms with Crippen molar-refractivity contribution in [2.75, 3.05) is 0 Å². The van der Waals surface area contributed by atoms with Crippen LogP contribution in [0.2, 0.25) is 0 Å². The summed E-state index contributed by atoms with van der Waals surface area (Å²) in [6.45, 7) is 0. The Labute approximate surface area is 96.4 Å². The predicted octanol–water partition coefficient (Wildman–Crippen LogP) is -9.01. The Bertz CT molecular complexity index is 86.3. The van der Waals surface area contributed by atoms with Crippen LogP contribution in [0, 0.1) is 11.5 Å². The Morgan fingerprint density at radius 2 is 1.44 bits per heavy atom. The van der Waals surface area contributed by atoms with Gasteiger partial charge in [0.2, 0.25) is 0 Å². The molecule has 0 aromatic heterocycles. The number of nitriles is 1. The minimum absolute atomic E-state index is 0. The molecule has 2 N–H and O–H groups in total. The van der Waals surface area contributed by atoms with Gasteiger partial charge in [0, 0.05) is 0 Å². The fraction of sp³-hybridized carbons (Fsp3) is 0. The van der Waals surface area contributed by atoms with Gasteiger partial charge in [0.05, 0.1) is 0 Å². The third-order valence-corrected chi connectivity index (χ3v) is 0. The maximum atomic E-state index is 8.33. The summed E-state index contributed by atoms with van der Waals surface area (Å²) in [5, 5.41) is 23.8. The number of carbonyl (C=O) groups is 1. The monoisotopic (exact) mass is 148 g/mol. The van der Waals surface area contributed by atoms with Crippen molar-refractivity contribution < 1.29 is 74.1 Å². The maximum Gasteiger partial charge on any atom is 1.00 e. The van der Waals surface area contributed by atoms with E-state index in [-0.39, 0.29) is 59.1 Å². The topological polar surface area (TPSA) is 113 Å². The number of hydrogen-bond acceptors (Lipinski definition) is 5. The average Bonchev–Trinajstić information content (AvgIpc) is 1.33. The molecule has 0 aliphatic heterocycles. The molecular formula is C2H2N2Na2O3. The van der Waals surface area contributed by atoms with Gasteiger partial charge >= 0.3 is 59.1 Å². The summed E-state index contributed by atoms with van der Waals surface area (Å²) in [6.07, 6.45) is -1.08. The van der Waals surface area contributed by atoms with Crippen LogP contribution in [0.25, 0.3) is 0 Å². The average molecular weight is 148 g/mol. The molecule has 0 atom stereocenters. The van der Waals surface area contributed by atoms with Crippen LogP contribution in [0.3, 0.4) is 0 Å². The Morgan fingerprint density at radius 1 is 1.44 bits per heavy atom. The Kier molecular flexibility index (Phi) is 59.2. The molecule has 0 aliphatic carbocycles. The van der Waals surface area contributed by atoms with Crippen LogP contribution in [0.15, 0.2) is 0 Å². The van der Waals surface area contributed by atoms with Gasteiger partial charge < -0.3 is 20.7 Å².